The Morgan fingerprint density at radius 1 is 0.442 bits per heavy atom. The first-order valence-electron chi connectivity index (χ1n) is 16.0. The Bertz CT molecular complexity index is 1400. The number of nitrogens with one attached hydrogen (secondary N) is 2. The van der Waals surface area contributed by atoms with Gasteiger partial charge in [-0.1, -0.05) is 144 Å². The molecule has 2 N–H and O–H groups in total. The van der Waals surface area contributed by atoms with Gasteiger partial charge in [-0.15, -0.1) is 0 Å². The van der Waals surface area contributed by atoms with E-state index in [4.69, 9.17) is 4.42 Å². The van der Waals surface area contributed by atoms with Crippen molar-refractivity contribution in [3.05, 3.63) is 94.4 Å². The minimum Gasteiger partial charge on any atom is -0.460 e. The van der Waals surface area contributed by atoms with Crippen molar-refractivity contribution < 1.29 is 4.42 Å². The molecule has 0 spiro atoms. The van der Waals surface area contributed by atoms with Gasteiger partial charge in [0.25, 0.3) is 0 Å². The number of benzene rings is 3. The highest BCUT2D eigenvalue weighted by Gasteiger charge is 2.30. The second kappa shape index (κ2) is 11.4. The van der Waals surface area contributed by atoms with E-state index in [2.05, 4.69) is 168 Å². The molecular weight excluding hydrogens is 524 g/mol. The fourth-order valence-electron chi connectivity index (χ4n) is 6.26. The summed E-state index contributed by atoms with van der Waals surface area (Å²) in [5, 5.41) is 10.2. The Morgan fingerprint density at radius 2 is 0.721 bits per heavy atom. The highest BCUT2D eigenvalue weighted by atomic mass is 16.3. The number of rotatable bonds is 6. The quantitative estimate of drug-likeness (QED) is 0.238. The average molecular weight is 581 g/mol. The normalized spacial score (nSPS) is 14.6. The topological polar surface area (TPSA) is 37.2 Å². The minimum absolute atomic E-state index is 0.00332. The molecule has 0 saturated carbocycles. The van der Waals surface area contributed by atoms with Crippen LogP contribution in [-0.2, 0) is 21.7 Å². The van der Waals surface area contributed by atoms with Crippen LogP contribution in [0.4, 0.5) is 11.4 Å². The van der Waals surface area contributed by atoms with Gasteiger partial charge in [0.1, 0.15) is 11.5 Å². The van der Waals surface area contributed by atoms with Crippen LogP contribution in [0.5, 0.6) is 0 Å². The first-order chi connectivity index (χ1) is 19.7. The van der Waals surface area contributed by atoms with E-state index in [0.29, 0.717) is 0 Å². The zero-order valence-corrected chi connectivity index (χ0v) is 29.3. The average Bonchev–Trinajstić information content (AvgIpc) is 3.26. The van der Waals surface area contributed by atoms with E-state index in [9.17, 15) is 0 Å². The molecular formula is C40H56N2O. The number of anilines is 2. The molecule has 0 radical (unpaired) electrons. The number of fused-ring (bicyclic) bond motifs is 1. The molecule has 0 fully saturated rings. The predicted molar refractivity (Wildman–Crippen MR) is 188 cm³/mol. The lowest BCUT2D eigenvalue weighted by Gasteiger charge is -2.32. The Labute approximate surface area is 261 Å². The number of furan rings is 1. The number of hydrogen-bond acceptors (Lipinski definition) is 3. The van der Waals surface area contributed by atoms with Crippen LogP contribution in [0.25, 0.3) is 10.8 Å². The largest absolute Gasteiger partial charge is 0.460 e. The van der Waals surface area contributed by atoms with Crippen LogP contribution in [-0.4, -0.2) is 0 Å². The highest BCUT2D eigenvalue weighted by molar-refractivity contribution is 5.88. The van der Waals surface area contributed by atoms with Crippen molar-refractivity contribution in [2.24, 2.45) is 0 Å². The molecule has 2 unspecified atom stereocenters. The summed E-state index contributed by atoms with van der Waals surface area (Å²) in [6.45, 7) is 32.0. The van der Waals surface area contributed by atoms with E-state index in [-0.39, 0.29) is 33.7 Å². The zero-order valence-electron chi connectivity index (χ0n) is 29.3. The standard InChI is InChI=1S/C40H56N2O/c1-25(41-33-29(37(3,4)5)21-17-22-30(33)38(6,7)8)35-27-19-15-16-20-28(27)36(43-35)26(2)42-34-31(39(9,10)11)23-18-24-32(34)40(12,13)14/h15-26,41-42H,1-14H3. The Morgan fingerprint density at radius 3 is 0.977 bits per heavy atom. The van der Waals surface area contributed by atoms with E-state index < -0.39 is 0 Å². The van der Waals surface area contributed by atoms with Crippen molar-refractivity contribution in [3.8, 4) is 0 Å². The van der Waals surface area contributed by atoms with Crippen LogP contribution in [0.15, 0.2) is 65.1 Å². The van der Waals surface area contributed by atoms with Crippen LogP contribution < -0.4 is 10.6 Å². The minimum atomic E-state index is -0.0255. The number of para-hydroxylation sites is 2. The van der Waals surface area contributed by atoms with Crippen LogP contribution in [0.2, 0.25) is 0 Å². The van der Waals surface area contributed by atoms with Crippen molar-refractivity contribution >= 4 is 22.1 Å². The number of hydrogen-bond donors (Lipinski definition) is 2. The lowest BCUT2D eigenvalue weighted by molar-refractivity contribution is 0.441. The third-order valence-corrected chi connectivity index (χ3v) is 8.55. The van der Waals surface area contributed by atoms with Gasteiger partial charge in [-0.2, -0.15) is 0 Å². The van der Waals surface area contributed by atoms with Gasteiger partial charge in [0.2, 0.25) is 0 Å². The molecule has 0 amide bonds. The second-order valence-corrected chi connectivity index (χ2v) is 16.6. The lowest BCUT2D eigenvalue weighted by atomic mass is 9.78. The summed E-state index contributed by atoms with van der Waals surface area (Å²) in [4.78, 5) is 0. The van der Waals surface area contributed by atoms with Gasteiger partial charge in [-0.3, -0.25) is 0 Å². The molecule has 3 nitrogen and oxygen atoms in total. The van der Waals surface area contributed by atoms with Gasteiger partial charge in [-0.05, 0) is 57.8 Å². The van der Waals surface area contributed by atoms with Crippen molar-refractivity contribution in [2.75, 3.05) is 10.6 Å². The summed E-state index contributed by atoms with van der Waals surface area (Å²) >= 11 is 0. The maximum absolute atomic E-state index is 6.91. The molecule has 0 saturated heterocycles. The molecule has 0 aliphatic carbocycles. The smallest absolute Gasteiger partial charge is 0.134 e. The van der Waals surface area contributed by atoms with Gasteiger partial charge in [0.05, 0.1) is 12.1 Å². The summed E-state index contributed by atoms with van der Waals surface area (Å²) in [7, 11) is 0. The first kappa shape index (κ1) is 32.7. The Balaban J connectivity index is 1.81. The van der Waals surface area contributed by atoms with Crippen molar-refractivity contribution in [1.29, 1.82) is 0 Å². The lowest BCUT2D eigenvalue weighted by Crippen LogP contribution is -2.22. The van der Waals surface area contributed by atoms with E-state index in [1.807, 2.05) is 0 Å². The molecule has 0 aliphatic rings. The van der Waals surface area contributed by atoms with Crippen molar-refractivity contribution in [3.63, 3.8) is 0 Å². The third kappa shape index (κ3) is 6.82. The zero-order chi connectivity index (χ0) is 32.1. The molecule has 43 heavy (non-hydrogen) atoms. The molecule has 4 aromatic rings. The second-order valence-electron chi connectivity index (χ2n) is 16.6. The van der Waals surface area contributed by atoms with Crippen LogP contribution >= 0.6 is 0 Å². The van der Waals surface area contributed by atoms with Crippen molar-refractivity contribution in [1.82, 2.24) is 0 Å². The van der Waals surface area contributed by atoms with E-state index in [1.165, 1.54) is 33.6 Å². The Hall–Kier alpha value is -3.20. The summed E-state index contributed by atoms with van der Waals surface area (Å²) < 4.78 is 6.91. The first-order valence-corrected chi connectivity index (χ1v) is 16.0. The van der Waals surface area contributed by atoms with Crippen LogP contribution in [0, 0.1) is 0 Å². The molecule has 232 valence electrons. The van der Waals surface area contributed by atoms with E-state index >= 15 is 0 Å². The molecule has 1 aromatic heterocycles. The molecule has 2 atom stereocenters. The molecule has 0 aliphatic heterocycles. The van der Waals surface area contributed by atoms with E-state index in [1.54, 1.807) is 0 Å². The van der Waals surface area contributed by atoms with Gasteiger partial charge in [-0.25, -0.2) is 0 Å². The van der Waals surface area contributed by atoms with Gasteiger partial charge in [0, 0.05) is 22.1 Å². The Kier molecular flexibility index (Phi) is 8.66. The maximum Gasteiger partial charge on any atom is 0.134 e. The molecule has 1 heterocycles. The summed E-state index contributed by atoms with van der Waals surface area (Å²) in [5.41, 5.74) is 7.75. The monoisotopic (exact) mass is 580 g/mol. The SMILES string of the molecule is CC(Nc1c(C(C)(C)C)cccc1C(C)(C)C)c1oc(C(C)Nc2c(C(C)(C)C)cccc2C(C)(C)C)c2ccccc12. The third-order valence-electron chi connectivity index (χ3n) is 8.55. The van der Waals surface area contributed by atoms with Gasteiger partial charge in [0.15, 0.2) is 0 Å². The van der Waals surface area contributed by atoms with Crippen LogP contribution in [0.3, 0.4) is 0 Å². The van der Waals surface area contributed by atoms with Gasteiger partial charge >= 0.3 is 0 Å². The summed E-state index contributed by atoms with van der Waals surface area (Å²) in [6, 6.07) is 22.0. The molecule has 3 heteroatoms. The fourth-order valence-corrected chi connectivity index (χ4v) is 6.26. The molecule has 4 rings (SSSR count). The molecule has 3 aromatic carbocycles. The fraction of sp³-hybridized carbons (Fsp3) is 0.500. The predicted octanol–water partition coefficient (Wildman–Crippen LogP) is 12.0. The van der Waals surface area contributed by atoms with Gasteiger partial charge < -0.3 is 15.1 Å². The van der Waals surface area contributed by atoms with Crippen LogP contribution in [0.1, 0.15) is 143 Å². The highest BCUT2D eigenvalue weighted by Crippen LogP contribution is 2.43. The summed E-state index contributed by atoms with van der Waals surface area (Å²) in [6.07, 6.45) is 0. The van der Waals surface area contributed by atoms with E-state index in [0.717, 1.165) is 22.3 Å². The maximum atomic E-state index is 6.91. The van der Waals surface area contributed by atoms with Crippen molar-refractivity contribution in [2.45, 2.75) is 131 Å². The summed E-state index contributed by atoms with van der Waals surface area (Å²) in [5.74, 6) is 1.95. The molecule has 0 bridgehead atoms.